The molecule has 1 aromatic carbocycles. The third-order valence-electron chi connectivity index (χ3n) is 6.93. The number of hydrogen-bond acceptors (Lipinski definition) is 5. The highest BCUT2D eigenvalue weighted by Crippen LogP contribution is 2.28. The second-order valence-electron chi connectivity index (χ2n) is 9.43. The lowest BCUT2D eigenvalue weighted by Crippen LogP contribution is -2.28. The number of allylic oxidation sites excluding steroid dienone is 2. The van der Waals surface area contributed by atoms with Gasteiger partial charge in [-0.3, -0.25) is 4.79 Å². The van der Waals surface area contributed by atoms with Crippen LogP contribution in [-0.4, -0.2) is 47.5 Å². The van der Waals surface area contributed by atoms with E-state index >= 15 is 0 Å². The minimum atomic E-state index is -0.0195. The number of aromatic nitrogens is 2. The minimum Gasteiger partial charge on any atom is -0.497 e. The summed E-state index contributed by atoms with van der Waals surface area (Å²) in [5, 5.41) is 3.01. The molecule has 0 radical (unpaired) electrons. The van der Waals surface area contributed by atoms with Gasteiger partial charge in [0.15, 0.2) is 0 Å². The first-order valence-electron chi connectivity index (χ1n) is 12.1. The Morgan fingerprint density at radius 2 is 2.00 bits per heavy atom. The fourth-order valence-electron chi connectivity index (χ4n) is 5.01. The van der Waals surface area contributed by atoms with E-state index in [1.165, 1.54) is 25.8 Å². The number of nitrogens with one attached hydrogen (secondary N) is 1. The quantitative estimate of drug-likeness (QED) is 0.616. The van der Waals surface area contributed by atoms with Crippen LogP contribution in [0.25, 0.3) is 0 Å². The maximum Gasteiger partial charge on any atom is 0.224 e. The summed E-state index contributed by atoms with van der Waals surface area (Å²) in [6, 6.07) is 7.74. The van der Waals surface area contributed by atoms with Crippen molar-refractivity contribution in [2.45, 2.75) is 58.4 Å². The van der Waals surface area contributed by atoms with E-state index in [0.29, 0.717) is 18.9 Å². The van der Waals surface area contributed by atoms with Crippen molar-refractivity contribution < 1.29 is 9.53 Å². The lowest BCUT2D eigenvalue weighted by molar-refractivity contribution is -0.120. The Bertz CT molecular complexity index is 980. The summed E-state index contributed by atoms with van der Waals surface area (Å²) < 4.78 is 5.25. The van der Waals surface area contributed by atoms with Crippen LogP contribution >= 0.6 is 0 Å². The number of benzene rings is 1. The van der Waals surface area contributed by atoms with Crippen molar-refractivity contribution in [2.75, 3.05) is 26.7 Å². The summed E-state index contributed by atoms with van der Waals surface area (Å²) in [6.07, 6.45) is 9.80. The Hall–Kier alpha value is -2.73. The molecule has 2 aliphatic rings. The molecular formula is C27H36N4O2. The maximum atomic E-state index is 12.6. The van der Waals surface area contributed by atoms with E-state index in [1.54, 1.807) is 7.11 Å². The molecule has 4 rings (SSSR count). The zero-order valence-corrected chi connectivity index (χ0v) is 20.1. The van der Waals surface area contributed by atoms with E-state index < -0.39 is 0 Å². The van der Waals surface area contributed by atoms with Crippen molar-refractivity contribution in [3.8, 4) is 5.75 Å². The number of aryl methyl sites for hydroxylation is 2. The number of carbonyl (C=O) groups is 1. The van der Waals surface area contributed by atoms with Gasteiger partial charge in [0, 0.05) is 42.5 Å². The van der Waals surface area contributed by atoms with Crippen molar-refractivity contribution in [3.63, 3.8) is 0 Å². The van der Waals surface area contributed by atoms with E-state index in [2.05, 4.69) is 22.4 Å². The number of amides is 1. The van der Waals surface area contributed by atoms with Crippen LogP contribution in [-0.2, 0) is 17.8 Å². The zero-order valence-electron chi connectivity index (χ0n) is 20.1. The Morgan fingerprint density at radius 1 is 1.18 bits per heavy atom. The molecule has 2 aromatic rings. The van der Waals surface area contributed by atoms with Crippen LogP contribution in [0.1, 0.15) is 59.9 Å². The molecule has 1 fully saturated rings. The molecule has 33 heavy (non-hydrogen) atoms. The van der Waals surface area contributed by atoms with Crippen LogP contribution in [0.2, 0.25) is 0 Å². The third kappa shape index (κ3) is 6.20. The second-order valence-corrected chi connectivity index (χ2v) is 9.43. The van der Waals surface area contributed by atoms with Gasteiger partial charge in [-0.05, 0) is 69.7 Å². The van der Waals surface area contributed by atoms with E-state index in [-0.39, 0.29) is 5.91 Å². The van der Waals surface area contributed by atoms with Crippen LogP contribution < -0.4 is 10.1 Å². The van der Waals surface area contributed by atoms with Crippen LogP contribution in [0, 0.1) is 19.8 Å². The molecule has 1 saturated heterocycles. The van der Waals surface area contributed by atoms with Gasteiger partial charge in [-0.2, -0.15) is 0 Å². The molecule has 6 heteroatoms. The Kier molecular flexibility index (Phi) is 7.76. The first-order chi connectivity index (χ1) is 16.0. The molecule has 6 nitrogen and oxygen atoms in total. The topological polar surface area (TPSA) is 67.3 Å². The molecule has 0 unspecified atom stereocenters. The summed E-state index contributed by atoms with van der Waals surface area (Å²) in [5.74, 6) is 2.89. The number of likely N-dealkylation sites (tertiary alicyclic amines) is 1. The number of methoxy groups -OCH3 is 1. The maximum absolute atomic E-state index is 12.6. The normalized spacial score (nSPS) is 20.7. The van der Waals surface area contributed by atoms with Gasteiger partial charge in [-0.25, -0.2) is 9.97 Å². The standard InChI is InChI=1S/C27H36N4O2/c1-19-25(15-26(32)28-16-22-10-7-11-24(14-22)33-3)20(2)30-27(29-19)23-12-13-31(18-23)17-21-8-5-4-6-9-21/h4-5,7,10-11,14,21,23H,6,8-9,12-13,15-18H2,1-3H3,(H,28,32)/t21-,23+/m0/s1. The molecule has 176 valence electrons. The molecule has 2 heterocycles. The first kappa shape index (κ1) is 23.4. The van der Waals surface area contributed by atoms with Gasteiger partial charge < -0.3 is 15.0 Å². The monoisotopic (exact) mass is 448 g/mol. The van der Waals surface area contributed by atoms with Crippen molar-refractivity contribution in [1.82, 2.24) is 20.2 Å². The van der Waals surface area contributed by atoms with Crippen LogP contribution in [0.15, 0.2) is 36.4 Å². The summed E-state index contributed by atoms with van der Waals surface area (Å²) in [6.45, 7) is 7.83. The lowest BCUT2D eigenvalue weighted by atomic mass is 9.94. The highest BCUT2D eigenvalue weighted by atomic mass is 16.5. The van der Waals surface area contributed by atoms with Crippen LogP contribution in [0.3, 0.4) is 0 Å². The summed E-state index contributed by atoms with van der Waals surface area (Å²) >= 11 is 0. The van der Waals surface area contributed by atoms with E-state index in [9.17, 15) is 4.79 Å². The van der Waals surface area contributed by atoms with Crippen molar-refractivity contribution in [1.29, 1.82) is 0 Å². The third-order valence-corrected chi connectivity index (χ3v) is 6.93. The van der Waals surface area contributed by atoms with Crippen LogP contribution in [0.5, 0.6) is 5.75 Å². The molecule has 1 aliphatic heterocycles. The van der Waals surface area contributed by atoms with Crippen molar-refractivity contribution >= 4 is 5.91 Å². The summed E-state index contributed by atoms with van der Waals surface area (Å²) in [4.78, 5) is 24.9. The highest BCUT2D eigenvalue weighted by Gasteiger charge is 2.28. The van der Waals surface area contributed by atoms with Gasteiger partial charge in [-0.15, -0.1) is 0 Å². The summed E-state index contributed by atoms with van der Waals surface area (Å²) in [7, 11) is 1.64. The number of rotatable bonds is 8. The fraction of sp³-hybridized carbons (Fsp3) is 0.519. The largest absolute Gasteiger partial charge is 0.497 e. The molecular weight excluding hydrogens is 412 g/mol. The van der Waals surface area contributed by atoms with Gasteiger partial charge in [-0.1, -0.05) is 24.3 Å². The zero-order chi connectivity index (χ0) is 23.2. The summed E-state index contributed by atoms with van der Waals surface area (Å²) in [5.41, 5.74) is 3.79. The lowest BCUT2D eigenvalue weighted by Gasteiger charge is -2.24. The molecule has 1 aromatic heterocycles. The second kappa shape index (κ2) is 10.9. The van der Waals surface area contributed by atoms with Crippen molar-refractivity contribution in [2.24, 2.45) is 5.92 Å². The number of hydrogen-bond donors (Lipinski definition) is 1. The molecule has 0 spiro atoms. The Labute approximate surface area is 197 Å². The van der Waals surface area contributed by atoms with E-state index in [1.807, 2.05) is 38.1 Å². The predicted molar refractivity (Wildman–Crippen MR) is 130 cm³/mol. The molecule has 2 atom stereocenters. The van der Waals surface area contributed by atoms with Gasteiger partial charge >= 0.3 is 0 Å². The molecule has 1 amide bonds. The highest BCUT2D eigenvalue weighted by molar-refractivity contribution is 5.79. The average molecular weight is 449 g/mol. The van der Waals surface area contributed by atoms with Crippen molar-refractivity contribution in [3.05, 3.63) is 64.8 Å². The van der Waals surface area contributed by atoms with Crippen LogP contribution in [0.4, 0.5) is 0 Å². The number of ether oxygens (including phenoxy) is 1. The fourth-order valence-corrected chi connectivity index (χ4v) is 5.01. The van der Waals surface area contributed by atoms with E-state index in [4.69, 9.17) is 14.7 Å². The average Bonchev–Trinajstić information content (AvgIpc) is 3.29. The smallest absolute Gasteiger partial charge is 0.224 e. The minimum absolute atomic E-state index is 0.0195. The predicted octanol–water partition coefficient (Wildman–Crippen LogP) is 4.11. The van der Waals surface area contributed by atoms with E-state index in [0.717, 1.165) is 59.5 Å². The number of carbonyl (C=O) groups excluding carboxylic acids is 1. The van der Waals surface area contributed by atoms with Gasteiger partial charge in [0.05, 0.1) is 13.5 Å². The Morgan fingerprint density at radius 3 is 2.73 bits per heavy atom. The van der Waals surface area contributed by atoms with Gasteiger partial charge in [0.1, 0.15) is 11.6 Å². The molecule has 0 saturated carbocycles. The van der Waals surface area contributed by atoms with Gasteiger partial charge in [0.2, 0.25) is 5.91 Å². The molecule has 1 N–H and O–H groups in total. The SMILES string of the molecule is COc1cccc(CNC(=O)Cc2c(C)nc([C@@H]3CCN(C[C@H]4CC=CCC4)C3)nc2C)c1. The van der Waals surface area contributed by atoms with Gasteiger partial charge in [0.25, 0.3) is 0 Å². The molecule has 0 bridgehead atoms. The Balaban J connectivity index is 1.33. The number of nitrogens with zero attached hydrogens (tertiary/aromatic N) is 3. The molecule has 1 aliphatic carbocycles. The first-order valence-corrected chi connectivity index (χ1v) is 12.1.